The van der Waals surface area contributed by atoms with Crippen molar-refractivity contribution >= 4 is 12.3 Å². The van der Waals surface area contributed by atoms with Gasteiger partial charge in [-0.3, -0.25) is 5.21 Å². The van der Waals surface area contributed by atoms with Gasteiger partial charge in [-0.1, -0.05) is 5.64 Å². The molecule has 32 valence electrons. The Morgan fingerprint density at radius 3 is 2.40 bits per heavy atom. The zero-order valence-corrected chi connectivity index (χ0v) is 3.03. The molecule has 0 aliphatic carbocycles. The van der Waals surface area contributed by atoms with Crippen molar-refractivity contribution in [3.8, 4) is 0 Å². The highest BCUT2D eigenvalue weighted by atomic mass is 32.2. The van der Waals surface area contributed by atoms with E-state index in [4.69, 9.17) is 9.76 Å². The highest BCUT2D eigenvalue weighted by Gasteiger charge is 1.67. The third-order valence-electron chi connectivity index (χ3n) is 0.0745. The molecule has 0 spiro atoms. The third-order valence-corrected chi connectivity index (χ3v) is 0.224. The summed E-state index contributed by atoms with van der Waals surface area (Å²) in [5.41, 5.74) is 1.23. The molecule has 0 fully saturated rings. The van der Waals surface area contributed by atoms with E-state index in [-0.39, 0.29) is 12.3 Å². The molecule has 0 atom stereocenters. The molecule has 0 aliphatic heterocycles. The Hall–Kier alpha value is 0.190. The molecule has 0 aromatic carbocycles. The topological polar surface area (TPSA) is 61.7 Å². The van der Waals surface area contributed by atoms with Crippen molar-refractivity contribution < 1.29 is 14.0 Å². The molecule has 3 N–H and O–H groups in total. The monoisotopic (exact) mass is 97.0 g/mol. The number of rotatable bonds is 2. The van der Waals surface area contributed by atoms with Crippen molar-refractivity contribution in [2.24, 2.45) is 0 Å². The van der Waals surface area contributed by atoms with Crippen LogP contribution in [-0.2, 0) is 4.28 Å². The average molecular weight is 97.1 g/mol. The van der Waals surface area contributed by atoms with Gasteiger partial charge in [-0.05, 0) is 0 Å². The molecule has 0 amide bonds. The molecule has 0 bridgehead atoms. The van der Waals surface area contributed by atoms with Gasteiger partial charge in [0.2, 0.25) is 0 Å². The number of nitrogens with one attached hydrogen (secondary N) is 1. The lowest BCUT2D eigenvalue weighted by Crippen LogP contribution is -1.99. The standard InChI is InChI=1S/H3NO3S/c2-1-4-5-3/h1-3H. The maximum absolute atomic E-state index is 7.54. The molecule has 0 saturated heterocycles. The fourth-order valence-corrected chi connectivity index (χ4v) is 0.0500. The minimum Gasteiger partial charge on any atom is -0.306 e. The average Bonchev–Trinajstić information content (AvgIpc) is 1.41. The van der Waals surface area contributed by atoms with E-state index >= 15 is 0 Å². The van der Waals surface area contributed by atoms with E-state index in [1.165, 1.54) is 5.64 Å². The van der Waals surface area contributed by atoms with Crippen LogP contribution in [0.25, 0.3) is 0 Å². The highest BCUT2D eigenvalue weighted by molar-refractivity contribution is 7.88. The second-order valence-corrected chi connectivity index (χ2v) is 0.565. The van der Waals surface area contributed by atoms with Crippen molar-refractivity contribution in [3.05, 3.63) is 0 Å². The summed E-state index contributed by atoms with van der Waals surface area (Å²) >= 11 is 0.0405. The quantitative estimate of drug-likeness (QED) is 0.335. The van der Waals surface area contributed by atoms with Gasteiger partial charge in [0.1, 0.15) is 0 Å². The van der Waals surface area contributed by atoms with Gasteiger partial charge in [0, 0.05) is 0 Å². The van der Waals surface area contributed by atoms with Gasteiger partial charge in [-0.15, -0.1) is 0 Å². The molecule has 5 heavy (non-hydrogen) atoms. The Labute approximate surface area is 33.1 Å². The van der Waals surface area contributed by atoms with Crippen molar-refractivity contribution in [1.82, 2.24) is 5.64 Å². The van der Waals surface area contributed by atoms with E-state index < -0.39 is 0 Å². The van der Waals surface area contributed by atoms with E-state index in [0.717, 1.165) is 0 Å². The largest absolute Gasteiger partial charge is 0.306 e. The van der Waals surface area contributed by atoms with E-state index in [1.54, 1.807) is 0 Å². The number of hydrogen-bond acceptors (Lipinski definition) is 5. The summed E-state index contributed by atoms with van der Waals surface area (Å²) in [6.07, 6.45) is 0. The Kier molecular flexibility index (Phi) is 4.35. The van der Waals surface area contributed by atoms with Crippen molar-refractivity contribution in [1.29, 1.82) is 0 Å². The van der Waals surface area contributed by atoms with Crippen molar-refractivity contribution in [3.63, 3.8) is 0 Å². The van der Waals surface area contributed by atoms with Crippen LogP contribution in [0.4, 0.5) is 0 Å². The van der Waals surface area contributed by atoms with Gasteiger partial charge < -0.3 is 4.55 Å². The minimum atomic E-state index is 0.0405. The fourth-order valence-electron chi connectivity index (χ4n) is 0.0167. The van der Waals surface area contributed by atoms with Crippen LogP contribution in [0.1, 0.15) is 0 Å². The molecule has 5 heteroatoms. The molecule has 0 radical (unpaired) electrons. The predicted octanol–water partition coefficient (Wildman–Crippen LogP) is 0.0180. The maximum Gasteiger partial charge on any atom is 0.178 e. The van der Waals surface area contributed by atoms with Crippen LogP contribution in [0.3, 0.4) is 0 Å². The summed E-state index contributed by atoms with van der Waals surface area (Å²) in [6.45, 7) is 0. The minimum absolute atomic E-state index is 0.0405. The van der Waals surface area contributed by atoms with Gasteiger partial charge >= 0.3 is 0 Å². The smallest absolute Gasteiger partial charge is 0.178 e. The summed E-state index contributed by atoms with van der Waals surface area (Å²) in [5, 5.41) is 7.41. The van der Waals surface area contributed by atoms with Crippen LogP contribution in [0, 0.1) is 0 Å². The van der Waals surface area contributed by atoms with Gasteiger partial charge in [0.05, 0.1) is 0 Å². The second-order valence-electron chi connectivity index (χ2n) is 0.249. The summed E-state index contributed by atoms with van der Waals surface area (Å²) in [4.78, 5) is 0. The van der Waals surface area contributed by atoms with Gasteiger partial charge in [0.25, 0.3) is 0 Å². The van der Waals surface area contributed by atoms with Gasteiger partial charge in [-0.2, -0.15) is 4.28 Å². The van der Waals surface area contributed by atoms with E-state index in [9.17, 15) is 0 Å². The molecule has 0 aliphatic rings. The first-order chi connectivity index (χ1) is 2.41. The summed E-state index contributed by atoms with van der Waals surface area (Å²) in [5.74, 6) is 0. The predicted molar refractivity (Wildman–Crippen MR) is 16.2 cm³/mol. The maximum atomic E-state index is 7.54. The van der Waals surface area contributed by atoms with Crippen molar-refractivity contribution in [2.45, 2.75) is 0 Å². The van der Waals surface area contributed by atoms with Crippen LogP contribution in [0.15, 0.2) is 0 Å². The lowest BCUT2D eigenvalue weighted by molar-refractivity contribution is -0.0320. The first kappa shape index (κ1) is 5.19. The molecule has 0 aromatic heterocycles. The second kappa shape index (κ2) is 4.19. The Bertz CT molecular complexity index is 14.4. The molecule has 0 aromatic rings. The highest BCUT2D eigenvalue weighted by Crippen LogP contribution is 1.83. The van der Waals surface area contributed by atoms with Crippen LogP contribution in [0.2, 0.25) is 0 Å². The number of hydrogen-bond donors (Lipinski definition) is 3. The first-order valence-corrected chi connectivity index (χ1v) is 1.48. The van der Waals surface area contributed by atoms with Crippen LogP contribution in [0.5, 0.6) is 0 Å². The molecular weight excluding hydrogens is 94.1 g/mol. The van der Waals surface area contributed by atoms with Crippen LogP contribution in [-0.4, -0.2) is 9.76 Å². The van der Waals surface area contributed by atoms with E-state index in [2.05, 4.69) is 4.28 Å². The fraction of sp³-hybridized carbons (Fsp3) is 0. The zero-order valence-electron chi connectivity index (χ0n) is 2.21. The lowest BCUT2D eigenvalue weighted by Gasteiger charge is -1.82. The molecular formula is H3NO3S. The van der Waals surface area contributed by atoms with Gasteiger partial charge in [0.15, 0.2) is 12.3 Å². The van der Waals surface area contributed by atoms with Crippen molar-refractivity contribution in [2.75, 3.05) is 0 Å². The summed E-state index contributed by atoms with van der Waals surface area (Å²) < 4.78 is 11.1. The lowest BCUT2D eigenvalue weighted by atomic mass is 13.3. The molecule has 0 heterocycles. The summed E-state index contributed by atoms with van der Waals surface area (Å²) in [6, 6.07) is 0. The normalized spacial score (nSPS) is 8.40. The Balaban J connectivity index is 2.19. The Morgan fingerprint density at radius 2 is 2.40 bits per heavy atom. The van der Waals surface area contributed by atoms with Crippen LogP contribution >= 0.6 is 12.3 Å². The van der Waals surface area contributed by atoms with E-state index in [1.807, 2.05) is 0 Å². The van der Waals surface area contributed by atoms with Crippen LogP contribution < -0.4 is 5.64 Å². The molecule has 0 unspecified atom stereocenters. The SMILES string of the molecule is ONOSO. The van der Waals surface area contributed by atoms with Gasteiger partial charge in [-0.25, -0.2) is 0 Å². The zero-order chi connectivity index (χ0) is 4.12. The Morgan fingerprint density at radius 1 is 1.80 bits per heavy atom. The van der Waals surface area contributed by atoms with E-state index in [0.29, 0.717) is 0 Å². The molecule has 0 saturated carbocycles. The molecule has 0 rings (SSSR count). The first-order valence-electron chi connectivity index (χ1n) is 0.777. The summed E-state index contributed by atoms with van der Waals surface area (Å²) in [7, 11) is 0. The molecule has 4 nitrogen and oxygen atoms in total. The third kappa shape index (κ3) is 4.19.